The molecule has 0 saturated carbocycles. The molecule has 0 fully saturated rings. The Bertz CT molecular complexity index is 1170. The van der Waals surface area contributed by atoms with Crippen LogP contribution in [0.25, 0.3) is 0 Å². The van der Waals surface area contributed by atoms with E-state index in [0.29, 0.717) is 0 Å². The predicted molar refractivity (Wildman–Crippen MR) is 141 cm³/mol. The summed E-state index contributed by atoms with van der Waals surface area (Å²) >= 11 is 0. The Balaban J connectivity index is 1.44. The Morgan fingerprint density at radius 2 is 1.15 bits per heavy atom. The highest BCUT2D eigenvalue weighted by Crippen LogP contribution is 2.27. The van der Waals surface area contributed by atoms with Crippen LogP contribution < -0.4 is 5.32 Å². The molecule has 170 valence electrons. The van der Waals surface area contributed by atoms with Gasteiger partial charge in [0.2, 0.25) is 0 Å². The number of aliphatic imine (C=N–C) groups is 1. The van der Waals surface area contributed by atoms with Crippen LogP contribution in [0.3, 0.4) is 0 Å². The zero-order chi connectivity index (χ0) is 23.0. The molecule has 1 N–H and O–H groups in total. The number of nitrogens with zero attached hydrogens (tertiary/aromatic N) is 2. The van der Waals surface area contributed by atoms with Crippen molar-refractivity contribution in [3.8, 4) is 0 Å². The molecule has 5 rings (SSSR count). The minimum Gasteiger partial charge on any atom is -0.346 e. The van der Waals surface area contributed by atoms with Crippen molar-refractivity contribution >= 4 is 5.84 Å². The summed E-state index contributed by atoms with van der Waals surface area (Å²) in [4.78, 5) is 7.85. The molecule has 1 aliphatic heterocycles. The van der Waals surface area contributed by atoms with Crippen molar-refractivity contribution in [3.63, 3.8) is 0 Å². The summed E-state index contributed by atoms with van der Waals surface area (Å²) in [6.45, 7) is 2.58. The largest absolute Gasteiger partial charge is 0.346 e. The summed E-state index contributed by atoms with van der Waals surface area (Å²) in [6.07, 6.45) is 0.931. The van der Waals surface area contributed by atoms with Crippen molar-refractivity contribution in [1.82, 2.24) is 10.2 Å². The van der Waals surface area contributed by atoms with E-state index in [1.54, 1.807) is 0 Å². The number of amidine groups is 1. The SMILES string of the molecule is c1ccc(CNC[C@@H]2[C@@H](Cc3ccccc3)N=C(c3ccccc3)N2Cc2ccccc2)cc1. The first-order chi connectivity index (χ1) is 16.9. The van der Waals surface area contributed by atoms with Crippen LogP contribution in [-0.2, 0) is 19.5 Å². The quantitative estimate of drug-likeness (QED) is 0.357. The molecular weight excluding hydrogens is 414 g/mol. The first-order valence-electron chi connectivity index (χ1n) is 12.1. The summed E-state index contributed by atoms with van der Waals surface area (Å²) in [5.41, 5.74) is 5.12. The van der Waals surface area contributed by atoms with Gasteiger partial charge in [-0.05, 0) is 23.1 Å². The number of nitrogens with one attached hydrogen (secondary N) is 1. The van der Waals surface area contributed by atoms with Crippen molar-refractivity contribution in [3.05, 3.63) is 144 Å². The number of benzene rings is 4. The highest BCUT2D eigenvalue weighted by atomic mass is 15.3. The molecule has 0 radical (unpaired) electrons. The molecule has 4 aromatic rings. The molecule has 4 aromatic carbocycles. The third kappa shape index (κ3) is 5.44. The van der Waals surface area contributed by atoms with Gasteiger partial charge in [-0.3, -0.25) is 4.99 Å². The topological polar surface area (TPSA) is 27.6 Å². The van der Waals surface area contributed by atoms with Gasteiger partial charge in [0.1, 0.15) is 5.84 Å². The van der Waals surface area contributed by atoms with Gasteiger partial charge < -0.3 is 10.2 Å². The van der Waals surface area contributed by atoms with E-state index in [1.807, 2.05) is 0 Å². The highest BCUT2D eigenvalue weighted by molar-refractivity contribution is 6.00. The first-order valence-corrected chi connectivity index (χ1v) is 12.1. The molecule has 0 bridgehead atoms. The second-order valence-electron chi connectivity index (χ2n) is 8.87. The molecule has 0 spiro atoms. The molecule has 3 nitrogen and oxygen atoms in total. The molecule has 0 aliphatic carbocycles. The molecule has 0 saturated heterocycles. The average molecular weight is 446 g/mol. The number of hydrogen-bond donors (Lipinski definition) is 1. The molecule has 2 atom stereocenters. The van der Waals surface area contributed by atoms with Crippen LogP contribution >= 0.6 is 0 Å². The Kier molecular flexibility index (Phi) is 7.13. The molecule has 1 heterocycles. The van der Waals surface area contributed by atoms with Gasteiger partial charge >= 0.3 is 0 Å². The van der Waals surface area contributed by atoms with E-state index in [9.17, 15) is 0 Å². The summed E-state index contributed by atoms with van der Waals surface area (Å²) in [6, 6.07) is 43.2. The lowest BCUT2D eigenvalue weighted by atomic mass is 9.99. The van der Waals surface area contributed by atoms with Gasteiger partial charge in [-0.2, -0.15) is 0 Å². The Morgan fingerprint density at radius 1 is 0.618 bits per heavy atom. The van der Waals surface area contributed by atoms with Crippen LogP contribution in [-0.4, -0.2) is 29.4 Å². The molecule has 0 amide bonds. The van der Waals surface area contributed by atoms with Gasteiger partial charge in [0.05, 0.1) is 12.1 Å². The van der Waals surface area contributed by atoms with Crippen LogP contribution in [0.2, 0.25) is 0 Å². The van der Waals surface area contributed by atoms with Crippen molar-refractivity contribution in [2.75, 3.05) is 6.54 Å². The van der Waals surface area contributed by atoms with E-state index in [4.69, 9.17) is 4.99 Å². The van der Waals surface area contributed by atoms with E-state index >= 15 is 0 Å². The van der Waals surface area contributed by atoms with Gasteiger partial charge in [0.15, 0.2) is 0 Å². The van der Waals surface area contributed by atoms with Crippen molar-refractivity contribution < 1.29 is 0 Å². The molecule has 3 heteroatoms. The number of hydrogen-bond acceptors (Lipinski definition) is 3. The lowest BCUT2D eigenvalue weighted by Crippen LogP contribution is -2.46. The summed E-state index contributed by atoms with van der Waals surface area (Å²) < 4.78 is 0. The minimum atomic E-state index is 0.185. The van der Waals surface area contributed by atoms with Gasteiger partial charge in [0, 0.05) is 25.2 Å². The van der Waals surface area contributed by atoms with E-state index < -0.39 is 0 Å². The van der Waals surface area contributed by atoms with Crippen molar-refractivity contribution in [2.24, 2.45) is 4.99 Å². The van der Waals surface area contributed by atoms with E-state index in [2.05, 4.69) is 132 Å². The lowest BCUT2D eigenvalue weighted by molar-refractivity contribution is 0.284. The smallest absolute Gasteiger partial charge is 0.131 e. The molecule has 34 heavy (non-hydrogen) atoms. The molecular formula is C31H31N3. The Labute approximate surface area is 202 Å². The first kappa shape index (κ1) is 22.1. The van der Waals surface area contributed by atoms with E-state index in [1.165, 1.54) is 22.3 Å². The van der Waals surface area contributed by atoms with Crippen molar-refractivity contribution in [2.45, 2.75) is 31.6 Å². The lowest BCUT2D eigenvalue weighted by Gasteiger charge is -2.31. The highest BCUT2D eigenvalue weighted by Gasteiger charge is 2.36. The van der Waals surface area contributed by atoms with Crippen LogP contribution in [0, 0.1) is 0 Å². The second kappa shape index (κ2) is 11.0. The van der Waals surface area contributed by atoms with Gasteiger partial charge in [-0.1, -0.05) is 121 Å². The zero-order valence-corrected chi connectivity index (χ0v) is 19.4. The zero-order valence-electron chi connectivity index (χ0n) is 19.4. The minimum absolute atomic E-state index is 0.185. The Hall–Kier alpha value is -3.69. The predicted octanol–water partition coefficient (Wildman–Crippen LogP) is 5.72. The van der Waals surface area contributed by atoms with Gasteiger partial charge in [0.25, 0.3) is 0 Å². The van der Waals surface area contributed by atoms with Crippen LogP contribution in [0.5, 0.6) is 0 Å². The normalized spacial score (nSPS) is 17.5. The maximum atomic E-state index is 5.34. The van der Waals surface area contributed by atoms with Gasteiger partial charge in [-0.15, -0.1) is 0 Å². The van der Waals surface area contributed by atoms with E-state index in [-0.39, 0.29) is 12.1 Å². The third-order valence-corrected chi connectivity index (χ3v) is 6.45. The van der Waals surface area contributed by atoms with Crippen LogP contribution in [0.15, 0.2) is 126 Å². The second-order valence-corrected chi connectivity index (χ2v) is 8.87. The maximum Gasteiger partial charge on any atom is 0.131 e. The average Bonchev–Trinajstić information content (AvgIpc) is 3.23. The maximum absolute atomic E-state index is 5.34. The fourth-order valence-electron chi connectivity index (χ4n) is 4.73. The van der Waals surface area contributed by atoms with Crippen LogP contribution in [0.1, 0.15) is 22.3 Å². The third-order valence-electron chi connectivity index (χ3n) is 6.45. The van der Waals surface area contributed by atoms with Crippen LogP contribution in [0.4, 0.5) is 0 Å². The summed E-state index contributed by atoms with van der Waals surface area (Å²) in [5.74, 6) is 1.09. The molecule has 1 aliphatic rings. The number of rotatable bonds is 9. The standard InChI is InChI=1S/C31H31N3/c1-5-13-25(14-6-1)21-29-30(23-32-22-26-15-7-2-8-16-26)34(24-27-17-9-3-10-18-27)31(33-29)28-19-11-4-12-20-28/h1-20,29-30,32H,21-24H2/t29-,30-/m1/s1. The molecule has 0 unspecified atom stereocenters. The fourth-order valence-corrected chi connectivity index (χ4v) is 4.73. The van der Waals surface area contributed by atoms with Crippen molar-refractivity contribution in [1.29, 1.82) is 0 Å². The van der Waals surface area contributed by atoms with Gasteiger partial charge in [-0.25, -0.2) is 0 Å². The summed E-state index contributed by atoms with van der Waals surface area (Å²) in [7, 11) is 0. The Morgan fingerprint density at radius 3 is 1.76 bits per heavy atom. The monoisotopic (exact) mass is 445 g/mol. The molecule has 0 aromatic heterocycles. The van der Waals surface area contributed by atoms with E-state index in [0.717, 1.165) is 31.9 Å². The fraction of sp³-hybridized carbons (Fsp3) is 0.194. The summed E-state index contributed by atoms with van der Waals surface area (Å²) in [5, 5.41) is 3.73.